The van der Waals surface area contributed by atoms with Crippen LogP contribution in [0.4, 0.5) is 38.9 Å². The summed E-state index contributed by atoms with van der Waals surface area (Å²) >= 11 is 0. The lowest BCUT2D eigenvalue weighted by atomic mass is 10.1. The van der Waals surface area contributed by atoms with Crippen LogP contribution in [0.3, 0.4) is 0 Å². The number of piperazine rings is 1. The van der Waals surface area contributed by atoms with E-state index in [-0.39, 0.29) is 24.3 Å². The minimum absolute atomic E-state index is 0.00316. The molecule has 1 aliphatic rings. The Morgan fingerprint density at radius 1 is 1.17 bits per heavy atom. The van der Waals surface area contributed by atoms with Crippen LogP contribution in [0.2, 0.25) is 0 Å². The van der Waals surface area contributed by atoms with Gasteiger partial charge in [0, 0.05) is 44.1 Å². The molecule has 35 heavy (non-hydrogen) atoms. The predicted octanol–water partition coefficient (Wildman–Crippen LogP) is 2.88. The topological polar surface area (TPSA) is 127 Å². The molecule has 4 rings (SSSR count). The zero-order valence-corrected chi connectivity index (χ0v) is 19.1. The Morgan fingerprint density at radius 3 is 2.71 bits per heavy atom. The molecule has 10 nitrogen and oxygen atoms in total. The molecule has 5 N–H and O–H groups in total. The van der Waals surface area contributed by atoms with E-state index in [0.717, 1.165) is 25.0 Å². The number of para-hydroxylation sites is 1. The van der Waals surface area contributed by atoms with Crippen LogP contribution >= 0.6 is 0 Å². The second-order valence-corrected chi connectivity index (χ2v) is 7.77. The molecule has 1 fully saturated rings. The third-order valence-corrected chi connectivity index (χ3v) is 5.39. The fraction of sp³-hybridized carbons (Fsp3) is 0.250. The van der Waals surface area contributed by atoms with Gasteiger partial charge in [-0.3, -0.25) is 9.79 Å². The van der Waals surface area contributed by atoms with E-state index >= 15 is 0 Å². The molecule has 3 aromatic rings. The van der Waals surface area contributed by atoms with E-state index in [1.54, 1.807) is 41.3 Å². The number of nitrogens with one attached hydrogen (secondary N) is 4. The first-order valence-electron chi connectivity index (χ1n) is 11.2. The predicted molar refractivity (Wildman–Crippen MR) is 135 cm³/mol. The van der Waals surface area contributed by atoms with Crippen molar-refractivity contribution in [3.05, 3.63) is 60.0 Å². The maximum atomic E-state index is 14.5. The fourth-order valence-corrected chi connectivity index (χ4v) is 3.70. The third kappa shape index (κ3) is 5.89. The Balaban J connectivity index is 1.55. The van der Waals surface area contributed by atoms with Gasteiger partial charge < -0.3 is 31.3 Å². The second-order valence-electron chi connectivity index (χ2n) is 7.77. The molecular formula is C24H27FN8O2. The Hall–Kier alpha value is -4.09. The van der Waals surface area contributed by atoms with E-state index < -0.39 is 5.82 Å². The first-order valence-corrected chi connectivity index (χ1v) is 11.2. The van der Waals surface area contributed by atoms with Crippen LogP contribution in [-0.4, -0.2) is 71.9 Å². The Morgan fingerprint density at radius 2 is 1.94 bits per heavy atom. The van der Waals surface area contributed by atoms with Gasteiger partial charge in [-0.2, -0.15) is 4.98 Å². The number of anilines is 5. The average molecular weight is 479 g/mol. The zero-order chi connectivity index (χ0) is 24.6. The van der Waals surface area contributed by atoms with Crippen molar-refractivity contribution >= 4 is 47.1 Å². The summed E-state index contributed by atoms with van der Waals surface area (Å²) in [5, 5.41) is 21.2. The molecule has 2 aromatic carbocycles. The van der Waals surface area contributed by atoms with Crippen molar-refractivity contribution in [2.45, 2.75) is 0 Å². The molecule has 1 saturated heterocycles. The summed E-state index contributed by atoms with van der Waals surface area (Å²) in [5.74, 6) is -0.660. The van der Waals surface area contributed by atoms with Crippen LogP contribution in [0, 0.1) is 5.82 Å². The first kappa shape index (κ1) is 24.0. The van der Waals surface area contributed by atoms with Gasteiger partial charge in [-0.1, -0.05) is 12.1 Å². The van der Waals surface area contributed by atoms with Gasteiger partial charge in [-0.25, -0.2) is 9.37 Å². The number of carbonyl (C=O) groups excluding carboxylic acids is 1. The van der Waals surface area contributed by atoms with E-state index in [1.165, 1.54) is 0 Å². The maximum Gasteiger partial charge on any atom is 0.256 e. The van der Waals surface area contributed by atoms with Crippen LogP contribution in [0.5, 0.6) is 0 Å². The highest BCUT2D eigenvalue weighted by Crippen LogP contribution is 2.32. The molecule has 0 saturated carbocycles. The molecule has 0 bridgehead atoms. The van der Waals surface area contributed by atoms with Gasteiger partial charge in [0.15, 0.2) is 11.6 Å². The number of amides is 1. The molecule has 0 spiro atoms. The van der Waals surface area contributed by atoms with Gasteiger partial charge in [0.25, 0.3) is 5.91 Å². The van der Waals surface area contributed by atoms with Gasteiger partial charge in [0.2, 0.25) is 5.95 Å². The van der Waals surface area contributed by atoms with Gasteiger partial charge >= 0.3 is 0 Å². The average Bonchev–Trinajstić information content (AvgIpc) is 2.89. The number of benzene rings is 2. The van der Waals surface area contributed by atoms with Crippen LogP contribution in [-0.2, 0) is 0 Å². The summed E-state index contributed by atoms with van der Waals surface area (Å²) in [6.07, 6.45) is 1.06. The lowest BCUT2D eigenvalue weighted by molar-refractivity contribution is 0.0736. The van der Waals surface area contributed by atoms with Crippen molar-refractivity contribution in [3.63, 3.8) is 0 Å². The number of aliphatic imine (C=N–C) groups is 1. The normalized spacial score (nSPS) is 13.3. The quantitative estimate of drug-likeness (QED) is 0.297. The number of hydrogen-bond acceptors (Lipinski definition) is 9. The summed E-state index contributed by atoms with van der Waals surface area (Å²) < 4.78 is 14.5. The Bertz CT molecular complexity index is 1200. The van der Waals surface area contributed by atoms with E-state index in [9.17, 15) is 9.18 Å². The second kappa shape index (κ2) is 11.4. The summed E-state index contributed by atoms with van der Waals surface area (Å²) in [4.78, 5) is 27.2. The number of aromatic nitrogens is 2. The fourth-order valence-electron chi connectivity index (χ4n) is 3.70. The van der Waals surface area contributed by atoms with Crippen molar-refractivity contribution in [3.8, 4) is 0 Å². The van der Waals surface area contributed by atoms with Crippen LogP contribution in [0.25, 0.3) is 0 Å². The molecule has 182 valence electrons. The van der Waals surface area contributed by atoms with E-state index in [2.05, 4.69) is 42.9 Å². The molecule has 0 atom stereocenters. The number of halogens is 1. The molecule has 1 aromatic heterocycles. The van der Waals surface area contributed by atoms with E-state index in [0.29, 0.717) is 42.3 Å². The van der Waals surface area contributed by atoms with Crippen molar-refractivity contribution in [1.29, 1.82) is 0 Å². The number of hydrogen-bond donors (Lipinski definition) is 5. The Kier molecular flexibility index (Phi) is 7.81. The molecular weight excluding hydrogens is 451 g/mol. The third-order valence-electron chi connectivity index (χ3n) is 5.39. The number of rotatable bonds is 9. The van der Waals surface area contributed by atoms with Gasteiger partial charge in [-0.05, 0) is 37.0 Å². The van der Waals surface area contributed by atoms with E-state index in [4.69, 9.17) is 5.11 Å². The SMILES string of the molecule is C=Nc1c(Nc2ncc(F)c(Nc3cccc(NCCO)c3)n2)cccc1C(=O)N1CCNCC1. The van der Waals surface area contributed by atoms with Gasteiger partial charge in [-0.15, -0.1) is 0 Å². The molecule has 0 radical (unpaired) electrons. The summed E-state index contributed by atoms with van der Waals surface area (Å²) in [6, 6.07) is 12.3. The highest BCUT2D eigenvalue weighted by atomic mass is 19.1. The Labute approximate surface area is 202 Å². The van der Waals surface area contributed by atoms with Gasteiger partial charge in [0.05, 0.1) is 29.7 Å². The molecule has 1 aliphatic heterocycles. The van der Waals surface area contributed by atoms with Crippen molar-refractivity contribution < 1.29 is 14.3 Å². The van der Waals surface area contributed by atoms with Crippen molar-refractivity contribution in [1.82, 2.24) is 20.2 Å². The van der Waals surface area contributed by atoms with Crippen molar-refractivity contribution in [2.75, 3.05) is 55.3 Å². The van der Waals surface area contributed by atoms with Crippen LogP contribution in [0.1, 0.15) is 10.4 Å². The molecule has 1 amide bonds. The monoisotopic (exact) mass is 478 g/mol. The van der Waals surface area contributed by atoms with Crippen molar-refractivity contribution in [2.24, 2.45) is 4.99 Å². The molecule has 2 heterocycles. The summed E-state index contributed by atoms with van der Waals surface area (Å²) in [6.45, 7) is 6.72. The number of carbonyl (C=O) groups is 1. The van der Waals surface area contributed by atoms with E-state index in [1.807, 2.05) is 6.07 Å². The lowest BCUT2D eigenvalue weighted by Gasteiger charge is -2.28. The summed E-state index contributed by atoms with van der Waals surface area (Å²) in [5.41, 5.74) is 2.65. The minimum atomic E-state index is -0.631. The number of nitrogens with zero attached hydrogens (tertiary/aromatic N) is 4. The smallest absolute Gasteiger partial charge is 0.256 e. The number of aliphatic hydroxyl groups excluding tert-OH is 1. The van der Waals surface area contributed by atoms with Gasteiger partial charge in [0.1, 0.15) is 0 Å². The highest BCUT2D eigenvalue weighted by molar-refractivity contribution is 6.02. The maximum absolute atomic E-state index is 14.5. The molecule has 11 heteroatoms. The zero-order valence-electron chi connectivity index (χ0n) is 19.1. The molecule has 0 unspecified atom stereocenters. The molecule has 0 aliphatic carbocycles. The number of aliphatic hydroxyl groups is 1. The largest absolute Gasteiger partial charge is 0.395 e. The highest BCUT2D eigenvalue weighted by Gasteiger charge is 2.22. The lowest BCUT2D eigenvalue weighted by Crippen LogP contribution is -2.46. The minimum Gasteiger partial charge on any atom is -0.395 e. The van der Waals surface area contributed by atoms with Crippen LogP contribution in [0.15, 0.2) is 53.7 Å². The van der Waals surface area contributed by atoms with Crippen LogP contribution < -0.4 is 21.3 Å². The standard InChI is InChI=1S/C24H27FN8O2/c1-26-21-18(23(35)33-11-8-27-9-12-33)6-3-7-20(21)31-24-29-15-19(25)22(32-24)30-17-5-2-4-16(14-17)28-10-13-34/h2-7,14-15,27-28,34H,1,8-13H2,(H2,29,30,31,32). The first-order chi connectivity index (χ1) is 17.1. The summed E-state index contributed by atoms with van der Waals surface area (Å²) in [7, 11) is 0.